The Morgan fingerprint density at radius 1 is 0.806 bits per heavy atom. The van der Waals surface area contributed by atoms with Crippen LogP contribution in [0.1, 0.15) is 45.0 Å². The third-order valence-electron chi connectivity index (χ3n) is 10.7. The zero-order valence-electron chi connectivity index (χ0n) is 33.0. The van der Waals surface area contributed by atoms with Crippen molar-refractivity contribution >= 4 is 41.0 Å². The number of nitriles is 1. The van der Waals surface area contributed by atoms with E-state index in [2.05, 4.69) is 23.2 Å². The van der Waals surface area contributed by atoms with E-state index >= 15 is 0 Å². The van der Waals surface area contributed by atoms with Gasteiger partial charge in [0.05, 0.1) is 21.7 Å². The molecule has 0 radical (unpaired) electrons. The molecule has 2 aliphatic heterocycles. The van der Waals surface area contributed by atoms with Crippen LogP contribution in [0.3, 0.4) is 0 Å². The standard InChI is InChI=1S/C50H37Cl2N3O7/c51-41-20-10-34(22-42(41)52)29-60-40-18-16-37(17-19-40)47-30-61-45-25-38-24-44(55(28-39(38)26-46(45)62-47)48(56)21-11-31-4-2-1-3-5-31)49(57)54-43(50(58)59)23-32-6-12-35(13-7-32)36-14-8-33(27-53)9-15-36/h1-10,12-20,22,25-26,43-44,47H,23-24,28-30H2,(H,54,57)(H,58,59). The molecule has 3 unspecified atom stereocenters. The summed E-state index contributed by atoms with van der Waals surface area (Å²) in [5.41, 5.74) is 6.94. The molecule has 308 valence electrons. The summed E-state index contributed by atoms with van der Waals surface area (Å²) >= 11 is 12.2. The van der Waals surface area contributed by atoms with Crippen LogP contribution in [-0.2, 0) is 40.4 Å². The van der Waals surface area contributed by atoms with Crippen molar-refractivity contribution in [3.63, 3.8) is 0 Å². The highest BCUT2D eigenvalue weighted by molar-refractivity contribution is 6.42. The van der Waals surface area contributed by atoms with Crippen LogP contribution in [0, 0.1) is 23.2 Å². The number of hydrogen-bond donors (Lipinski definition) is 2. The predicted octanol–water partition coefficient (Wildman–Crippen LogP) is 8.74. The number of halogens is 2. The molecule has 10 nitrogen and oxygen atoms in total. The lowest BCUT2D eigenvalue weighted by Gasteiger charge is -2.36. The summed E-state index contributed by atoms with van der Waals surface area (Å²) in [6.45, 7) is 0.569. The lowest BCUT2D eigenvalue weighted by atomic mass is 9.92. The van der Waals surface area contributed by atoms with Gasteiger partial charge >= 0.3 is 5.97 Å². The minimum absolute atomic E-state index is 0.00806. The Bertz CT molecular complexity index is 2740. The Morgan fingerprint density at radius 2 is 1.50 bits per heavy atom. The first kappa shape index (κ1) is 41.5. The lowest BCUT2D eigenvalue weighted by molar-refractivity contribution is -0.144. The third-order valence-corrected chi connectivity index (χ3v) is 11.4. The second-order valence-corrected chi connectivity index (χ2v) is 15.7. The van der Waals surface area contributed by atoms with E-state index in [1.54, 1.807) is 36.4 Å². The molecule has 8 rings (SSSR count). The van der Waals surface area contributed by atoms with Crippen molar-refractivity contribution in [2.24, 2.45) is 0 Å². The molecule has 6 aromatic carbocycles. The predicted molar refractivity (Wildman–Crippen MR) is 234 cm³/mol. The highest BCUT2D eigenvalue weighted by Crippen LogP contribution is 2.41. The number of carbonyl (C=O) groups excluding carboxylic acids is 2. The van der Waals surface area contributed by atoms with Crippen LogP contribution in [0.2, 0.25) is 10.0 Å². The lowest BCUT2D eigenvalue weighted by Crippen LogP contribution is -2.55. The largest absolute Gasteiger partial charge is 0.489 e. The van der Waals surface area contributed by atoms with Gasteiger partial charge in [-0.3, -0.25) is 9.59 Å². The summed E-state index contributed by atoms with van der Waals surface area (Å²) in [6.07, 6.45) is -0.329. The molecular weight excluding hydrogens is 825 g/mol. The SMILES string of the molecule is N#Cc1ccc(-c2ccc(CC(NC(=O)C3Cc4cc5c(cc4CN3C(=O)C#Cc3ccccc3)OC(c3ccc(OCc4ccc(Cl)c(Cl)c4)cc3)CO5)C(=O)O)cc2)cc1. The van der Waals surface area contributed by atoms with Crippen molar-refractivity contribution in [2.75, 3.05) is 6.61 Å². The highest BCUT2D eigenvalue weighted by atomic mass is 35.5. The molecule has 2 heterocycles. The molecule has 0 aliphatic carbocycles. The van der Waals surface area contributed by atoms with E-state index in [1.807, 2.05) is 97.1 Å². The first-order chi connectivity index (χ1) is 30.1. The van der Waals surface area contributed by atoms with Crippen LogP contribution in [0.25, 0.3) is 11.1 Å². The molecule has 0 bridgehead atoms. The number of benzene rings is 6. The van der Waals surface area contributed by atoms with Gasteiger partial charge in [0.2, 0.25) is 5.91 Å². The molecule has 0 saturated carbocycles. The normalized spacial score (nSPS) is 15.5. The van der Waals surface area contributed by atoms with Gasteiger partial charge < -0.3 is 29.5 Å². The molecular formula is C50H37Cl2N3O7. The zero-order valence-corrected chi connectivity index (χ0v) is 34.5. The van der Waals surface area contributed by atoms with E-state index in [-0.39, 0.29) is 26.0 Å². The summed E-state index contributed by atoms with van der Waals surface area (Å²) in [6, 6.07) is 39.8. The van der Waals surface area contributed by atoms with Crippen LogP contribution in [-0.4, -0.2) is 46.5 Å². The van der Waals surface area contributed by atoms with Crippen LogP contribution in [0.15, 0.2) is 133 Å². The maximum atomic E-state index is 14.1. The summed E-state index contributed by atoms with van der Waals surface area (Å²) in [7, 11) is 0. The minimum atomic E-state index is -1.28. The molecule has 12 heteroatoms. The Labute approximate surface area is 368 Å². The molecule has 0 fully saturated rings. The second-order valence-electron chi connectivity index (χ2n) is 14.8. The molecule has 62 heavy (non-hydrogen) atoms. The van der Waals surface area contributed by atoms with Gasteiger partial charge in [-0.1, -0.05) is 102 Å². The molecule has 2 N–H and O–H groups in total. The maximum absolute atomic E-state index is 14.1. The topological polar surface area (TPSA) is 138 Å². The average molecular weight is 863 g/mol. The zero-order chi connectivity index (χ0) is 43.2. The van der Waals surface area contributed by atoms with E-state index in [0.29, 0.717) is 50.6 Å². The number of carbonyl (C=O) groups is 3. The minimum Gasteiger partial charge on any atom is -0.489 e. The molecule has 0 saturated heterocycles. The van der Waals surface area contributed by atoms with Gasteiger partial charge in [-0.25, -0.2) is 4.79 Å². The molecule has 0 spiro atoms. The smallest absolute Gasteiger partial charge is 0.326 e. The fourth-order valence-corrected chi connectivity index (χ4v) is 7.65. The quantitative estimate of drug-likeness (QED) is 0.131. The highest BCUT2D eigenvalue weighted by Gasteiger charge is 2.37. The first-order valence-corrected chi connectivity index (χ1v) is 20.5. The summed E-state index contributed by atoms with van der Waals surface area (Å²) < 4.78 is 18.6. The Hall–Kier alpha value is -7.24. The fourth-order valence-electron chi connectivity index (χ4n) is 7.33. The average Bonchev–Trinajstić information content (AvgIpc) is 3.30. The number of carboxylic acid groups (broad SMARTS) is 1. The Balaban J connectivity index is 0.982. The van der Waals surface area contributed by atoms with E-state index in [0.717, 1.165) is 33.4 Å². The summed E-state index contributed by atoms with van der Waals surface area (Å²) in [5.74, 6) is 4.81. The van der Waals surface area contributed by atoms with Gasteiger partial charge in [0.25, 0.3) is 5.91 Å². The third kappa shape index (κ3) is 9.69. The first-order valence-electron chi connectivity index (χ1n) is 19.7. The van der Waals surface area contributed by atoms with E-state index in [4.69, 9.17) is 42.7 Å². The number of aliphatic carboxylic acids is 1. The number of amides is 2. The van der Waals surface area contributed by atoms with Crippen molar-refractivity contribution in [3.8, 4) is 46.3 Å². The Morgan fingerprint density at radius 3 is 2.19 bits per heavy atom. The molecule has 0 aromatic heterocycles. The van der Waals surface area contributed by atoms with Crippen LogP contribution >= 0.6 is 23.2 Å². The van der Waals surface area contributed by atoms with Crippen LogP contribution < -0.4 is 19.5 Å². The van der Waals surface area contributed by atoms with Crippen molar-refractivity contribution in [2.45, 2.75) is 44.2 Å². The molecule has 6 aromatic rings. The van der Waals surface area contributed by atoms with Crippen molar-refractivity contribution in [1.29, 1.82) is 5.26 Å². The molecule has 3 atom stereocenters. The van der Waals surface area contributed by atoms with E-state index in [9.17, 15) is 19.5 Å². The van der Waals surface area contributed by atoms with Gasteiger partial charge in [0.1, 0.15) is 31.0 Å². The number of hydrogen-bond acceptors (Lipinski definition) is 7. The van der Waals surface area contributed by atoms with Crippen LogP contribution in [0.5, 0.6) is 17.2 Å². The van der Waals surface area contributed by atoms with Gasteiger partial charge in [-0.15, -0.1) is 0 Å². The maximum Gasteiger partial charge on any atom is 0.326 e. The van der Waals surface area contributed by atoms with Gasteiger partial charge in [-0.2, -0.15) is 5.26 Å². The summed E-state index contributed by atoms with van der Waals surface area (Å²) in [5, 5.41) is 23.0. The van der Waals surface area contributed by atoms with Crippen molar-refractivity contribution < 1.29 is 33.7 Å². The molecule has 2 amide bonds. The van der Waals surface area contributed by atoms with Gasteiger partial charge in [0.15, 0.2) is 17.6 Å². The van der Waals surface area contributed by atoms with Crippen molar-refractivity contribution in [3.05, 3.63) is 182 Å². The molecule has 2 aliphatic rings. The van der Waals surface area contributed by atoms with Crippen LogP contribution in [0.4, 0.5) is 0 Å². The number of nitrogens with zero attached hydrogens (tertiary/aromatic N) is 2. The Kier molecular flexibility index (Phi) is 12.4. The van der Waals surface area contributed by atoms with Gasteiger partial charge in [0, 0.05) is 30.9 Å². The van der Waals surface area contributed by atoms with Crippen molar-refractivity contribution in [1.82, 2.24) is 10.2 Å². The van der Waals surface area contributed by atoms with Gasteiger partial charge in [-0.05, 0) is 99.6 Å². The monoisotopic (exact) mass is 861 g/mol. The fraction of sp³-hybridized carbons (Fsp3) is 0.160. The number of carboxylic acids is 1. The number of nitrogens with one attached hydrogen (secondary N) is 1. The number of ether oxygens (including phenoxy) is 3. The van der Waals surface area contributed by atoms with E-state index in [1.165, 1.54) is 4.90 Å². The van der Waals surface area contributed by atoms with E-state index < -0.39 is 36.0 Å². The number of rotatable bonds is 10. The number of fused-ring (bicyclic) bond motifs is 2. The summed E-state index contributed by atoms with van der Waals surface area (Å²) in [4.78, 5) is 41.9. The second kappa shape index (κ2) is 18.6.